The molecule has 7 heterocycles. The topological polar surface area (TPSA) is 525 Å². The average molecular weight is 1380 g/mol. The van der Waals surface area contributed by atoms with Crippen LogP contribution in [0.3, 0.4) is 0 Å². The molecule has 7 saturated heterocycles. The normalized spacial score (nSPS) is 55.3. The first-order valence-electron chi connectivity index (χ1n) is 33.8. The van der Waals surface area contributed by atoms with Gasteiger partial charge in [0.15, 0.2) is 43.5 Å². The SMILES string of the molecule is CC(CCC1(O)OC2CC3C4CCC5CC(OC6OC(CO)C(OC7OC(CO)C(O)C(OC8OC(CO)C(O)C(O)C8O)C7OC7OC(CO)C(O)C(OC8OCC(O)C(O)C8O)C7O)C(O)C6O)CCC5(C)C4CCC3(C)C2C1C)COC1OC(CO)C(O)C(O)C1O. The van der Waals surface area contributed by atoms with E-state index in [4.69, 9.17) is 61.6 Å². The fourth-order valence-corrected chi connectivity index (χ4v) is 18.3. The first-order valence-corrected chi connectivity index (χ1v) is 33.8. The first-order chi connectivity index (χ1) is 45.1. The Morgan fingerprint density at radius 3 is 1.60 bits per heavy atom. The molecule has 20 N–H and O–H groups in total. The van der Waals surface area contributed by atoms with Gasteiger partial charge in [0.05, 0.1) is 58.5 Å². The first kappa shape index (κ1) is 74.9. The zero-order valence-corrected chi connectivity index (χ0v) is 53.7. The summed E-state index contributed by atoms with van der Waals surface area (Å²) < 4.78 is 77.9. The second kappa shape index (κ2) is 30.2. The summed E-state index contributed by atoms with van der Waals surface area (Å²) in [5, 5.41) is 217. The quantitative estimate of drug-likeness (QED) is 0.0475. The minimum absolute atomic E-state index is 0.0737. The Morgan fingerprint density at radius 1 is 0.453 bits per heavy atom. The largest absolute Gasteiger partial charge is 0.394 e. The predicted octanol–water partition coefficient (Wildman–Crippen LogP) is -7.67. The van der Waals surface area contributed by atoms with Crippen LogP contribution >= 0.6 is 0 Å². The number of hydrogen-bond acceptors (Lipinski definition) is 33. The molecule has 7 aliphatic heterocycles. The molecular weight excluding hydrogens is 1270 g/mol. The van der Waals surface area contributed by atoms with Crippen LogP contribution in [0.5, 0.6) is 0 Å². The van der Waals surface area contributed by atoms with Crippen LogP contribution in [0.4, 0.5) is 0 Å². The van der Waals surface area contributed by atoms with Gasteiger partial charge in [-0.25, -0.2) is 0 Å². The molecule has 0 aromatic rings. The molecule has 95 heavy (non-hydrogen) atoms. The van der Waals surface area contributed by atoms with E-state index in [0.717, 1.165) is 38.5 Å². The molecular formula is C62H104O33. The molecule has 4 aliphatic carbocycles. The molecule has 0 amide bonds. The minimum Gasteiger partial charge on any atom is -0.394 e. The maximum absolute atomic E-state index is 12.2. The fourth-order valence-electron chi connectivity index (χ4n) is 18.3. The van der Waals surface area contributed by atoms with E-state index in [1.165, 1.54) is 0 Å². The second-order valence-electron chi connectivity index (χ2n) is 29.4. The summed E-state index contributed by atoms with van der Waals surface area (Å²) in [6.45, 7) is 3.99. The molecule has 0 spiro atoms. The fraction of sp³-hybridized carbons (Fsp3) is 1.00. The number of aliphatic hydroxyl groups excluding tert-OH is 19. The lowest BCUT2D eigenvalue weighted by atomic mass is 9.44. The van der Waals surface area contributed by atoms with Crippen molar-refractivity contribution < 1.29 is 164 Å². The summed E-state index contributed by atoms with van der Waals surface area (Å²) in [4.78, 5) is 0. The van der Waals surface area contributed by atoms with E-state index in [9.17, 15) is 102 Å². The number of ether oxygens (including phenoxy) is 13. The lowest BCUT2D eigenvalue weighted by molar-refractivity contribution is -0.410. The van der Waals surface area contributed by atoms with E-state index in [0.29, 0.717) is 43.4 Å². The molecule has 41 unspecified atom stereocenters. The maximum Gasteiger partial charge on any atom is 0.187 e. The van der Waals surface area contributed by atoms with E-state index in [1.807, 2.05) is 6.92 Å². The third kappa shape index (κ3) is 14.1. The standard InChI is InChI=1S/C62H104O33/c1-22(20-83-54-46(78)42(74)38(70)31(15-63)86-54)7-12-62(82)23(2)36-30(95-62)14-28-26-6-5-24-13-25(8-10-60(24,3)27(26)9-11-61(28,36)4)85-56-48(80)44(76)50(35(19-67)90-56)91-59-53(52(41(73)34(18-66)89-59)93-57-47(79)43(75)39(71)32(16-64)87-57)94-58-49(81)51(40(72)33(17-65)88-58)92-55-45(77)37(69)29(68)21-84-55/h22-59,63-82H,5-21H2,1-4H3. The molecule has 0 aromatic heterocycles. The van der Waals surface area contributed by atoms with Gasteiger partial charge in [0.25, 0.3) is 0 Å². The van der Waals surface area contributed by atoms with Gasteiger partial charge < -0.3 is 164 Å². The van der Waals surface area contributed by atoms with Gasteiger partial charge in [-0.3, -0.25) is 0 Å². The van der Waals surface area contributed by atoms with Crippen molar-refractivity contribution in [1.82, 2.24) is 0 Å². The highest BCUT2D eigenvalue weighted by Crippen LogP contribution is 2.71. The van der Waals surface area contributed by atoms with Crippen molar-refractivity contribution in [3.63, 3.8) is 0 Å². The van der Waals surface area contributed by atoms with Gasteiger partial charge in [0.1, 0.15) is 140 Å². The molecule has 33 nitrogen and oxygen atoms in total. The molecule has 4 saturated carbocycles. The predicted molar refractivity (Wildman–Crippen MR) is 311 cm³/mol. The van der Waals surface area contributed by atoms with E-state index in [1.54, 1.807) is 0 Å². The van der Waals surface area contributed by atoms with Gasteiger partial charge >= 0.3 is 0 Å². The summed E-state index contributed by atoms with van der Waals surface area (Å²) in [5.74, 6) is -0.161. The second-order valence-corrected chi connectivity index (χ2v) is 29.4. The van der Waals surface area contributed by atoms with Gasteiger partial charge in [-0.1, -0.05) is 27.7 Å². The Hall–Kier alpha value is -1.32. The van der Waals surface area contributed by atoms with Crippen LogP contribution < -0.4 is 0 Å². The molecule has 11 rings (SSSR count). The van der Waals surface area contributed by atoms with Crippen molar-refractivity contribution in [3.8, 4) is 0 Å². The summed E-state index contributed by atoms with van der Waals surface area (Å²) in [6.07, 6.45) is -45.1. The van der Waals surface area contributed by atoms with Crippen LogP contribution in [0.1, 0.15) is 91.9 Å². The van der Waals surface area contributed by atoms with Crippen LogP contribution in [0.25, 0.3) is 0 Å². The molecule has 11 fully saturated rings. The Balaban J connectivity index is 0.738. The highest BCUT2D eigenvalue weighted by atomic mass is 16.8. The molecule has 0 aromatic carbocycles. The monoisotopic (exact) mass is 1380 g/mol. The van der Waals surface area contributed by atoms with Crippen molar-refractivity contribution >= 4 is 0 Å². The third-order valence-corrected chi connectivity index (χ3v) is 23.9. The van der Waals surface area contributed by atoms with Crippen molar-refractivity contribution in [2.75, 3.05) is 46.2 Å². The summed E-state index contributed by atoms with van der Waals surface area (Å²) >= 11 is 0. The average Bonchev–Trinajstić information content (AvgIpc) is 1.55. The molecule has 11 aliphatic rings. The van der Waals surface area contributed by atoms with Gasteiger partial charge in [-0.05, 0) is 104 Å². The minimum atomic E-state index is -2.17. The van der Waals surface area contributed by atoms with E-state index in [-0.39, 0.29) is 47.2 Å². The van der Waals surface area contributed by atoms with Crippen LogP contribution in [-0.4, -0.2) is 345 Å². The van der Waals surface area contributed by atoms with Crippen molar-refractivity contribution in [3.05, 3.63) is 0 Å². The highest BCUT2D eigenvalue weighted by molar-refractivity contribution is 5.15. The Kier molecular flexibility index (Phi) is 23.8. The lowest BCUT2D eigenvalue weighted by Gasteiger charge is -2.61. The number of hydrogen-bond donors (Lipinski definition) is 20. The van der Waals surface area contributed by atoms with E-state index in [2.05, 4.69) is 20.8 Å². The zero-order chi connectivity index (χ0) is 68.7. The number of rotatable bonds is 21. The van der Waals surface area contributed by atoms with E-state index < -0.39 is 230 Å². The molecule has 41 atom stereocenters. The molecule has 0 radical (unpaired) electrons. The van der Waals surface area contributed by atoms with Crippen LogP contribution in [-0.2, 0) is 61.6 Å². The number of fused-ring (bicyclic) bond motifs is 7. The van der Waals surface area contributed by atoms with Gasteiger partial charge in [0, 0.05) is 12.3 Å². The Morgan fingerprint density at radius 2 is 0.958 bits per heavy atom. The van der Waals surface area contributed by atoms with Gasteiger partial charge in [-0.15, -0.1) is 0 Å². The summed E-state index contributed by atoms with van der Waals surface area (Å²) in [6, 6.07) is 0. The van der Waals surface area contributed by atoms with Crippen LogP contribution in [0.2, 0.25) is 0 Å². The lowest BCUT2D eigenvalue weighted by Crippen LogP contribution is -2.69. The molecule has 33 heteroatoms. The van der Waals surface area contributed by atoms with Crippen molar-refractivity contribution in [2.45, 2.75) is 288 Å². The number of aliphatic hydroxyl groups is 20. The maximum atomic E-state index is 12.2. The van der Waals surface area contributed by atoms with Crippen molar-refractivity contribution in [1.29, 1.82) is 0 Å². The zero-order valence-electron chi connectivity index (χ0n) is 53.7. The smallest absolute Gasteiger partial charge is 0.187 e. The van der Waals surface area contributed by atoms with Crippen LogP contribution in [0.15, 0.2) is 0 Å². The van der Waals surface area contributed by atoms with Crippen molar-refractivity contribution in [2.24, 2.45) is 52.3 Å². The molecule has 550 valence electrons. The van der Waals surface area contributed by atoms with E-state index >= 15 is 0 Å². The summed E-state index contributed by atoms with van der Waals surface area (Å²) in [7, 11) is 0. The van der Waals surface area contributed by atoms with Gasteiger partial charge in [0.2, 0.25) is 0 Å². The molecule has 0 bridgehead atoms. The van der Waals surface area contributed by atoms with Gasteiger partial charge in [-0.2, -0.15) is 0 Å². The summed E-state index contributed by atoms with van der Waals surface area (Å²) in [5.41, 5.74) is -0.162. The third-order valence-electron chi connectivity index (χ3n) is 23.9. The Labute approximate surface area is 548 Å². The highest BCUT2D eigenvalue weighted by Gasteiger charge is 2.69. The Bertz CT molecular complexity index is 2460. The van der Waals surface area contributed by atoms with Crippen LogP contribution in [0, 0.1) is 52.3 Å².